The highest BCUT2D eigenvalue weighted by atomic mass is 32.2. The van der Waals surface area contributed by atoms with Gasteiger partial charge in [-0.3, -0.25) is 14.2 Å². The number of hydrogen-bond donors (Lipinski definition) is 1. The highest BCUT2D eigenvalue weighted by molar-refractivity contribution is 7.98. The van der Waals surface area contributed by atoms with Crippen molar-refractivity contribution in [3.8, 4) is 5.75 Å². The molecule has 2 heterocycles. The van der Waals surface area contributed by atoms with Crippen LogP contribution in [0.25, 0.3) is 11.0 Å². The topological polar surface area (TPSA) is 78.2 Å². The first-order chi connectivity index (χ1) is 14.7. The van der Waals surface area contributed by atoms with E-state index in [0.29, 0.717) is 28.7 Å². The fourth-order valence-corrected chi connectivity index (χ4v) is 4.21. The first kappa shape index (κ1) is 22.9. The summed E-state index contributed by atoms with van der Waals surface area (Å²) in [6.07, 6.45) is 1.92. The van der Waals surface area contributed by atoms with Crippen LogP contribution in [0.15, 0.2) is 40.3 Å². The molecule has 1 unspecified atom stereocenters. The van der Waals surface area contributed by atoms with Crippen LogP contribution in [0, 0.1) is 12.8 Å². The van der Waals surface area contributed by atoms with Crippen molar-refractivity contribution in [3.63, 3.8) is 0 Å². The van der Waals surface area contributed by atoms with E-state index in [2.05, 4.69) is 24.1 Å². The summed E-state index contributed by atoms with van der Waals surface area (Å²) in [4.78, 5) is 30.8. The number of aryl methyl sites for hydroxylation is 1. The van der Waals surface area contributed by atoms with E-state index in [1.54, 1.807) is 16.2 Å². The van der Waals surface area contributed by atoms with E-state index in [1.165, 1.54) is 11.8 Å². The number of aromatic nitrogens is 3. The molecule has 0 spiro atoms. The minimum absolute atomic E-state index is 0.0625. The smallest absolute Gasteiger partial charge is 0.278 e. The summed E-state index contributed by atoms with van der Waals surface area (Å²) in [5.74, 6) is 0.917. The number of carbonyl (C=O) groups excluding carboxylic acids is 1. The van der Waals surface area contributed by atoms with Gasteiger partial charge in [0.05, 0.1) is 18.7 Å². The van der Waals surface area contributed by atoms with E-state index in [0.717, 1.165) is 17.0 Å². The third-order valence-corrected chi connectivity index (χ3v) is 5.88. The first-order valence-corrected chi connectivity index (χ1v) is 11.6. The second-order valence-corrected chi connectivity index (χ2v) is 8.85. The quantitative estimate of drug-likeness (QED) is 0.424. The van der Waals surface area contributed by atoms with E-state index < -0.39 is 0 Å². The van der Waals surface area contributed by atoms with E-state index in [4.69, 9.17) is 4.74 Å². The monoisotopic (exact) mass is 442 g/mol. The number of hydrogen-bond acceptors (Lipinski definition) is 5. The fraction of sp³-hybridized carbons (Fsp3) is 0.435. The molecule has 166 valence electrons. The predicted octanol–water partition coefficient (Wildman–Crippen LogP) is 3.77. The summed E-state index contributed by atoms with van der Waals surface area (Å²) in [5.41, 5.74) is 2.81. The highest BCUT2D eigenvalue weighted by Gasteiger charge is 2.19. The molecular weight excluding hydrogens is 412 g/mol. The van der Waals surface area contributed by atoms with Crippen molar-refractivity contribution in [1.82, 2.24) is 19.4 Å². The van der Waals surface area contributed by atoms with Crippen molar-refractivity contribution >= 4 is 28.7 Å². The number of carbonyl (C=O) groups is 1. The Labute approximate surface area is 186 Å². The van der Waals surface area contributed by atoms with Gasteiger partial charge in [-0.15, -0.1) is 0 Å². The predicted molar refractivity (Wildman–Crippen MR) is 125 cm³/mol. The van der Waals surface area contributed by atoms with Crippen molar-refractivity contribution < 1.29 is 9.53 Å². The molecule has 7 nitrogen and oxygen atoms in total. The van der Waals surface area contributed by atoms with Crippen molar-refractivity contribution in [1.29, 1.82) is 0 Å². The minimum atomic E-state index is -0.167. The lowest BCUT2D eigenvalue weighted by Gasteiger charge is -2.17. The summed E-state index contributed by atoms with van der Waals surface area (Å²) in [5, 5.41) is 3.71. The normalized spacial score (nSPS) is 12.4. The maximum absolute atomic E-state index is 13.3. The molecule has 0 saturated carbocycles. The lowest BCUT2D eigenvalue weighted by atomic mass is 10.1. The Morgan fingerprint density at radius 1 is 1.19 bits per heavy atom. The third-order valence-electron chi connectivity index (χ3n) is 5.20. The van der Waals surface area contributed by atoms with Crippen LogP contribution in [0.1, 0.15) is 38.1 Å². The average molecular weight is 443 g/mol. The largest absolute Gasteiger partial charge is 0.497 e. The lowest BCUT2D eigenvalue weighted by molar-refractivity contribution is -0.122. The first-order valence-electron chi connectivity index (χ1n) is 10.3. The summed E-state index contributed by atoms with van der Waals surface area (Å²) >= 11 is 1.46. The van der Waals surface area contributed by atoms with Gasteiger partial charge in [-0.05, 0) is 49.8 Å². The molecule has 0 aliphatic carbocycles. The van der Waals surface area contributed by atoms with Crippen molar-refractivity contribution in [2.75, 3.05) is 13.4 Å². The zero-order valence-corrected chi connectivity index (χ0v) is 19.7. The Balaban J connectivity index is 1.88. The molecule has 3 aromatic rings. The molecule has 1 atom stereocenters. The van der Waals surface area contributed by atoms with Gasteiger partial charge in [0.25, 0.3) is 5.56 Å². The molecule has 0 fully saturated rings. The molecule has 1 amide bonds. The Hall–Kier alpha value is -2.74. The van der Waals surface area contributed by atoms with E-state index in [-0.39, 0.29) is 24.1 Å². The molecule has 0 aliphatic rings. The van der Waals surface area contributed by atoms with Crippen LogP contribution in [0.4, 0.5) is 0 Å². The second-order valence-electron chi connectivity index (χ2n) is 8.08. The number of benzene rings is 1. The molecule has 3 rings (SSSR count). The molecule has 1 N–H and O–H groups in total. The molecule has 0 aliphatic heterocycles. The lowest BCUT2D eigenvalue weighted by Crippen LogP contribution is -2.32. The number of fused-ring (bicyclic) bond motifs is 1. The van der Waals surface area contributed by atoms with Gasteiger partial charge in [-0.2, -0.15) is 0 Å². The minimum Gasteiger partial charge on any atom is -0.497 e. The van der Waals surface area contributed by atoms with Gasteiger partial charge < -0.3 is 14.6 Å². The maximum atomic E-state index is 13.3. The summed E-state index contributed by atoms with van der Waals surface area (Å²) < 4.78 is 8.67. The number of thioether (sulfide) groups is 1. The van der Waals surface area contributed by atoms with Crippen LogP contribution in [-0.4, -0.2) is 33.4 Å². The van der Waals surface area contributed by atoms with Crippen molar-refractivity contribution in [2.24, 2.45) is 5.92 Å². The van der Waals surface area contributed by atoms with E-state index >= 15 is 0 Å². The fourth-order valence-electron chi connectivity index (χ4n) is 3.64. The van der Waals surface area contributed by atoms with Gasteiger partial charge in [-0.1, -0.05) is 37.7 Å². The zero-order valence-electron chi connectivity index (χ0n) is 18.9. The van der Waals surface area contributed by atoms with Gasteiger partial charge in [0.1, 0.15) is 17.8 Å². The number of nitrogens with one attached hydrogen (secondary N) is 1. The molecule has 0 bridgehead atoms. The van der Waals surface area contributed by atoms with Crippen LogP contribution in [0.5, 0.6) is 5.75 Å². The van der Waals surface area contributed by atoms with Crippen LogP contribution >= 0.6 is 11.8 Å². The van der Waals surface area contributed by atoms with Crippen LogP contribution < -0.4 is 15.6 Å². The van der Waals surface area contributed by atoms with Gasteiger partial charge in [0.15, 0.2) is 5.16 Å². The molecule has 8 heteroatoms. The molecule has 1 aromatic carbocycles. The Kier molecular flexibility index (Phi) is 7.10. The number of ether oxygens (including phenoxy) is 1. The second kappa shape index (κ2) is 9.60. The molecule has 2 aromatic heterocycles. The van der Waals surface area contributed by atoms with Crippen LogP contribution in [-0.2, 0) is 17.9 Å². The van der Waals surface area contributed by atoms with Gasteiger partial charge in [0.2, 0.25) is 5.91 Å². The number of amides is 1. The van der Waals surface area contributed by atoms with Crippen molar-refractivity contribution in [3.05, 3.63) is 51.9 Å². The standard InChI is InChI=1S/C23H30N4O3S/c1-14(2)12-27-22(29)21-19(25-23(27)31-6)11-15(3)26(21)13-20(28)24-16(4)17-7-9-18(30-5)10-8-17/h7-11,14,16H,12-13H2,1-6H3,(H,24,28). The van der Waals surface area contributed by atoms with Crippen LogP contribution in [0.2, 0.25) is 0 Å². The summed E-state index contributed by atoms with van der Waals surface area (Å²) in [7, 11) is 1.62. The van der Waals surface area contributed by atoms with Crippen LogP contribution in [0.3, 0.4) is 0 Å². The Bertz CT molecular complexity index is 1130. The van der Waals surface area contributed by atoms with Gasteiger partial charge in [0, 0.05) is 12.2 Å². The van der Waals surface area contributed by atoms with Gasteiger partial charge in [-0.25, -0.2) is 4.98 Å². The SMILES string of the molecule is COc1ccc(C(C)NC(=O)Cn2c(C)cc3nc(SC)n(CC(C)C)c(=O)c32)cc1. The average Bonchev–Trinajstić information content (AvgIpc) is 3.04. The Morgan fingerprint density at radius 3 is 2.45 bits per heavy atom. The molecule has 0 radical (unpaired) electrons. The Morgan fingerprint density at radius 2 is 1.87 bits per heavy atom. The highest BCUT2D eigenvalue weighted by Crippen LogP contribution is 2.21. The maximum Gasteiger partial charge on any atom is 0.278 e. The number of rotatable bonds is 8. The molecule has 0 saturated heterocycles. The molecular formula is C23H30N4O3S. The van der Waals surface area contributed by atoms with E-state index in [1.807, 2.05) is 50.4 Å². The number of methoxy groups -OCH3 is 1. The number of nitrogens with zero attached hydrogens (tertiary/aromatic N) is 3. The molecule has 31 heavy (non-hydrogen) atoms. The van der Waals surface area contributed by atoms with Gasteiger partial charge >= 0.3 is 0 Å². The summed E-state index contributed by atoms with van der Waals surface area (Å²) in [6, 6.07) is 9.30. The zero-order chi connectivity index (χ0) is 22.7. The van der Waals surface area contributed by atoms with Crippen molar-refractivity contribution in [2.45, 2.75) is 52.0 Å². The van der Waals surface area contributed by atoms with E-state index in [9.17, 15) is 9.59 Å². The summed E-state index contributed by atoms with van der Waals surface area (Å²) in [6.45, 7) is 8.61. The third kappa shape index (κ3) is 4.95.